The average Bonchev–Trinajstić information content (AvgIpc) is 2.39. The van der Waals surface area contributed by atoms with Crippen molar-refractivity contribution >= 4 is 0 Å². The van der Waals surface area contributed by atoms with Crippen LogP contribution in [0.25, 0.3) is 0 Å². The molecule has 1 saturated heterocycles. The minimum absolute atomic E-state index is 0.130. The molecule has 0 amide bonds. The van der Waals surface area contributed by atoms with E-state index in [2.05, 4.69) is 17.4 Å². The Hall–Kier alpha value is -1.06. The first-order valence-corrected chi connectivity index (χ1v) is 6.89. The van der Waals surface area contributed by atoms with Crippen molar-refractivity contribution in [1.29, 1.82) is 0 Å². The van der Waals surface area contributed by atoms with Crippen molar-refractivity contribution in [1.82, 2.24) is 5.32 Å². The zero-order valence-electron chi connectivity index (χ0n) is 11.4. The van der Waals surface area contributed by atoms with E-state index in [0.717, 1.165) is 18.8 Å². The summed E-state index contributed by atoms with van der Waals surface area (Å²) in [5.74, 6) is 1.47. The van der Waals surface area contributed by atoms with E-state index < -0.39 is 0 Å². The molecular formula is C15H24N2O. The van der Waals surface area contributed by atoms with Crippen LogP contribution in [0.5, 0.6) is 5.75 Å². The molecule has 0 spiro atoms. The van der Waals surface area contributed by atoms with Gasteiger partial charge in [0.15, 0.2) is 0 Å². The minimum Gasteiger partial charge on any atom is -0.491 e. The molecule has 0 aliphatic carbocycles. The summed E-state index contributed by atoms with van der Waals surface area (Å²) in [6.07, 6.45) is 2.66. The maximum Gasteiger partial charge on any atom is 0.119 e. The highest BCUT2D eigenvalue weighted by Crippen LogP contribution is 2.26. The third-order valence-corrected chi connectivity index (χ3v) is 3.48. The second-order valence-electron chi connectivity index (χ2n) is 5.37. The van der Waals surface area contributed by atoms with Gasteiger partial charge in [0, 0.05) is 6.04 Å². The van der Waals surface area contributed by atoms with Gasteiger partial charge in [-0.3, -0.25) is 0 Å². The summed E-state index contributed by atoms with van der Waals surface area (Å²) >= 11 is 0. The van der Waals surface area contributed by atoms with Crippen molar-refractivity contribution in [3.8, 4) is 5.75 Å². The topological polar surface area (TPSA) is 47.3 Å². The number of piperidine rings is 1. The second-order valence-corrected chi connectivity index (χ2v) is 5.37. The SMILES string of the molecule is CC(C)Oc1ccc(C(N)C2CCCNC2)cc1. The fourth-order valence-electron chi connectivity index (χ4n) is 2.50. The van der Waals surface area contributed by atoms with Gasteiger partial charge < -0.3 is 15.8 Å². The summed E-state index contributed by atoms with van der Waals surface area (Å²) in [6, 6.07) is 8.36. The van der Waals surface area contributed by atoms with Crippen molar-refractivity contribution in [3.05, 3.63) is 29.8 Å². The van der Waals surface area contributed by atoms with Gasteiger partial charge in [0.1, 0.15) is 5.75 Å². The summed E-state index contributed by atoms with van der Waals surface area (Å²) in [7, 11) is 0. The molecule has 0 radical (unpaired) electrons. The van der Waals surface area contributed by atoms with Crippen molar-refractivity contribution in [2.45, 2.75) is 38.8 Å². The Kier molecular flexibility index (Phi) is 4.61. The Morgan fingerprint density at radius 1 is 1.28 bits per heavy atom. The van der Waals surface area contributed by atoms with Crippen molar-refractivity contribution < 1.29 is 4.74 Å². The summed E-state index contributed by atoms with van der Waals surface area (Å²) in [5.41, 5.74) is 7.55. The van der Waals surface area contributed by atoms with Gasteiger partial charge in [-0.2, -0.15) is 0 Å². The fourth-order valence-corrected chi connectivity index (χ4v) is 2.50. The van der Waals surface area contributed by atoms with Gasteiger partial charge >= 0.3 is 0 Å². The van der Waals surface area contributed by atoms with Crippen LogP contribution in [0.3, 0.4) is 0 Å². The lowest BCUT2D eigenvalue weighted by Crippen LogP contribution is -2.36. The van der Waals surface area contributed by atoms with Crippen LogP contribution in [0.4, 0.5) is 0 Å². The molecule has 1 aliphatic heterocycles. The molecule has 1 aromatic carbocycles. The molecule has 2 unspecified atom stereocenters. The van der Waals surface area contributed by atoms with Crippen LogP contribution in [-0.2, 0) is 0 Å². The first kappa shape index (κ1) is 13.4. The monoisotopic (exact) mass is 248 g/mol. The summed E-state index contributed by atoms with van der Waals surface area (Å²) in [4.78, 5) is 0. The summed E-state index contributed by atoms with van der Waals surface area (Å²) in [6.45, 7) is 6.23. The van der Waals surface area contributed by atoms with Crippen LogP contribution in [0, 0.1) is 5.92 Å². The van der Waals surface area contributed by atoms with Crippen LogP contribution >= 0.6 is 0 Å². The van der Waals surface area contributed by atoms with Crippen LogP contribution in [0.15, 0.2) is 24.3 Å². The predicted molar refractivity (Wildman–Crippen MR) is 74.7 cm³/mol. The lowest BCUT2D eigenvalue weighted by atomic mass is 9.88. The van der Waals surface area contributed by atoms with Crippen molar-refractivity contribution in [2.75, 3.05) is 13.1 Å². The lowest BCUT2D eigenvalue weighted by molar-refractivity contribution is 0.242. The normalized spacial score (nSPS) is 21.9. The smallest absolute Gasteiger partial charge is 0.119 e. The van der Waals surface area contributed by atoms with E-state index in [0.29, 0.717) is 5.92 Å². The van der Waals surface area contributed by atoms with Crippen LogP contribution < -0.4 is 15.8 Å². The number of rotatable bonds is 4. The number of nitrogens with two attached hydrogens (primary N) is 1. The van der Waals surface area contributed by atoms with Crippen LogP contribution in [-0.4, -0.2) is 19.2 Å². The van der Waals surface area contributed by atoms with E-state index in [1.54, 1.807) is 0 Å². The zero-order chi connectivity index (χ0) is 13.0. The molecule has 3 heteroatoms. The molecule has 1 aromatic rings. The van der Waals surface area contributed by atoms with Crippen molar-refractivity contribution in [2.24, 2.45) is 11.7 Å². The highest BCUT2D eigenvalue weighted by molar-refractivity contribution is 5.29. The van der Waals surface area contributed by atoms with E-state index in [1.165, 1.54) is 18.4 Å². The maximum atomic E-state index is 6.34. The van der Waals surface area contributed by atoms with Gasteiger partial charge in [0.05, 0.1) is 6.10 Å². The number of benzene rings is 1. The molecule has 1 heterocycles. The Morgan fingerprint density at radius 2 is 2.00 bits per heavy atom. The standard InChI is InChI=1S/C15H24N2O/c1-11(2)18-14-7-5-12(6-8-14)15(16)13-4-3-9-17-10-13/h5-8,11,13,15,17H,3-4,9-10,16H2,1-2H3. The number of hydrogen-bond acceptors (Lipinski definition) is 3. The van der Waals surface area contributed by atoms with E-state index in [1.807, 2.05) is 26.0 Å². The van der Waals surface area contributed by atoms with Gasteiger partial charge in [0.25, 0.3) is 0 Å². The highest BCUT2D eigenvalue weighted by Gasteiger charge is 2.21. The third kappa shape index (κ3) is 3.47. The first-order valence-electron chi connectivity index (χ1n) is 6.89. The predicted octanol–water partition coefficient (Wildman–Crippen LogP) is 2.47. The van der Waals surface area contributed by atoms with Gasteiger partial charge in [-0.15, -0.1) is 0 Å². The number of ether oxygens (including phenoxy) is 1. The van der Waals surface area contributed by atoms with Crippen LogP contribution in [0.2, 0.25) is 0 Å². The Morgan fingerprint density at radius 3 is 2.56 bits per heavy atom. The van der Waals surface area contributed by atoms with Gasteiger partial charge in [-0.05, 0) is 63.4 Å². The second kappa shape index (κ2) is 6.21. The van der Waals surface area contributed by atoms with Gasteiger partial charge in [0.2, 0.25) is 0 Å². The molecule has 1 aliphatic rings. The minimum atomic E-state index is 0.130. The van der Waals surface area contributed by atoms with Gasteiger partial charge in [-0.25, -0.2) is 0 Å². The molecule has 2 rings (SSSR count). The number of nitrogens with one attached hydrogen (secondary N) is 1. The molecule has 3 N–H and O–H groups in total. The first-order chi connectivity index (χ1) is 8.66. The Labute approximate surface area is 110 Å². The molecule has 0 bridgehead atoms. The highest BCUT2D eigenvalue weighted by atomic mass is 16.5. The maximum absolute atomic E-state index is 6.34. The largest absolute Gasteiger partial charge is 0.491 e. The molecule has 0 aromatic heterocycles. The molecule has 18 heavy (non-hydrogen) atoms. The fraction of sp³-hybridized carbons (Fsp3) is 0.600. The summed E-state index contributed by atoms with van der Waals surface area (Å²) in [5, 5.41) is 3.42. The van der Waals surface area contributed by atoms with Crippen LogP contribution in [0.1, 0.15) is 38.3 Å². The average molecular weight is 248 g/mol. The molecular weight excluding hydrogens is 224 g/mol. The number of hydrogen-bond donors (Lipinski definition) is 2. The quantitative estimate of drug-likeness (QED) is 0.860. The lowest BCUT2D eigenvalue weighted by Gasteiger charge is -2.28. The molecule has 0 saturated carbocycles. The third-order valence-electron chi connectivity index (χ3n) is 3.48. The van der Waals surface area contributed by atoms with E-state index in [9.17, 15) is 0 Å². The molecule has 3 nitrogen and oxygen atoms in total. The van der Waals surface area contributed by atoms with E-state index >= 15 is 0 Å². The Bertz CT molecular complexity index is 355. The zero-order valence-corrected chi connectivity index (χ0v) is 11.4. The summed E-state index contributed by atoms with van der Waals surface area (Å²) < 4.78 is 5.64. The Balaban J connectivity index is 1.99. The van der Waals surface area contributed by atoms with Gasteiger partial charge in [-0.1, -0.05) is 12.1 Å². The van der Waals surface area contributed by atoms with E-state index in [-0.39, 0.29) is 12.1 Å². The molecule has 1 fully saturated rings. The van der Waals surface area contributed by atoms with E-state index in [4.69, 9.17) is 10.5 Å². The molecule has 100 valence electrons. The molecule has 2 atom stereocenters. The van der Waals surface area contributed by atoms with Crippen molar-refractivity contribution in [3.63, 3.8) is 0 Å².